The summed E-state index contributed by atoms with van der Waals surface area (Å²) < 4.78 is 0. The van der Waals surface area contributed by atoms with Gasteiger partial charge >= 0.3 is 0 Å². The van der Waals surface area contributed by atoms with E-state index in [1.165, 1.54) is 30.6 Å². The smallest absolute Gasteiger partial charge is 0.102 e. The van der Waals surface area contributed by atoms with Gasteiger partial charge in [-0.3, -0.25) is 0 Å². The predicted molar refractivity (Wildman–Crippen MR) is 45.4 cm³/mol. The number of benzene rings is 1. The molecule has 1 aromatic rings. The molecule has 0 aromatic heterocycles. The van der Waals surface area contributed by atoms with Gasteiger partial charge in [-0.05, 0) is 12.5 Å². The van der Waals surface area contributed by atoms with Crippen molar-refractivity contribution in [2.24, 2.45) is 0 Å². The molecule has 0 amide bonds. The van der Waals surface area contributed by atoms with Gasteiger partial charge in [-0.2, -0.15) is 0 Å². The second-order valence-electron chi connectivity index (χ2n) is 3.30. The second kappa shape index (κ2) is 2.67. The van der Waals surface area contributed by atoms with Crippen molar-refractivity contribution < 1.29 is 5.32 Å². The monoisotopic (exact) mass is 148 g/mol. The molecule has 0 spiro atoms. The molecule has 1 heterocycles. The number of nitrogens with two attached hydrogens (primary N) is 1. The number of rotatable bonds is 0. The Labute approximate surface area is 67.4 Å². The normalized spacial score (nSPS) is 16.1. The van der Waals surface area contributed by atoms with E-state index in [0.29, 0.717) is 0 Å². The van der Waals surface area contributed by atoms with E-state index in [2.05, 4.69) is 30.4 Å². The van der Waals surface area contributed by atoms with Crippen LogP contribution in [0.5, 0.6) is 0 Å². The fourth-order valence-corrected chi connectivity index (χ4v) is 1.70. The first-order valence-electron chi connectivity index (χ1n) is 4.26. The minimum Gasteiger partial charge on any atom is -0.342 e. The molecule has 0 atom stereocenters. The molecule has 0 saturated heterocycles. The van der Waals surface area contributed by atoms with E-state index in [1.54, 1.807) is 5.56 Å². The molecule has 0 unspecified atom stereocenters. The van der Waals surface area contributed by atoms with Gasteiger partial charge in [0, 0.05) is 12.0 Å². The van der Waals surface area contributed by atoms with Crippen molar-refractivity contribution in [3.8, 4) is 0 Å². The average molecular weight is 148 g/mol. The molecule has 1 aromatic carbocycles. The van der Waals surface area contributed by atoms with Crippen LogP contribution in [-0.2, 0) is 13.0 Å². The fourth-order valence-electron chi connectivity index (χ4n) is 1.70. The number of hydrogen-bond donors (Lipinski definition) is 1. The van der Waals surface area contributed by atoms with Crippen LogP contribution in [0.3, 0.4) is 0 Å². The van der Waals surface area contributed by atoms with Crippen molar-refractivity contribution in [3.63, 3.8) is 0 Å². The minimum absolute atomic E-state index is 1.18. The Morgan fingerprint density at radius 1 is 1.27 bits per heavy atom. The first-order valence-corrected chi connectivity index (χ1v) is 4.26. The van der Waals surface area contributed by atoms with Gasteiger partial charge in [0.05, 0.1) is 6.54 Å². The van der Waals surface area contributed by atoms with Crippen LogP contribution in [0.15, 0.2) is 18.2 Å². The van der Waals surface area contributed by atoms with Crippen LogP contribution in [0, 0.1) is 6.92 Å². The molecule has 0 saturated carbocycles. The Morgan fingerprint density at radius 3 is 3.09 bits per heavy atom. The molecule has 1 nitrogen and oxygen atoms in total. The van der Waals surface area contributed by atoms with Crippen LogP contribution in [0.25, 0.3) is 0 Å². The van der Waals surface area contributed by atoms with Gasteiger partial charge in [-0.1, -0.05) is 23.8 Å². The van der Waals surface area contributed by atoms with Gasteiger partial charge in [0.1, 0.15) is 6.54 Å². The average Bonchev–Trinajstić information content (AvgIpc) is 2.04. The molecular formula is C10H14N+. The van der Waals surface area contributed by atoms with Crippen molar-refractivity contribution in [1.29, 1.82) is 0 Å². The lowest BCUT2D eigenvalue weighted by molar-refractivity contribution is -0.673. The summed E-state index contributed by atoms with van der Waals surface area (Å²) in [5.74, 6) is 0. The van der Waals surface area contributed by atoms with Crippen molar-refractivity contribution >= 4 is 0 Å². The van der Waals surface area contributed by atoms with E-state index >= 15 is 0 Å². The first kappa shape index (κ1) is 6.86. The van der Waals surface area contributed by atoms with E-state index in [9.17, 15) is 0 Å². The zero-order chi connectivity index (χ0) is 7.68. The van der Waals surface area contributed by atoms with Crippen LogP contribution in [0.1, 0.15) is 16.7 Å². The quantitative estimate of drug-likeness (QED) is 0.555. The van der Waals surface area contributed by atoms with E-state index in [0.717, 1.165) is 0 Å². The molecule has 0 fully saturated rings. The van der Waals surface area contributed by atoms with Crippen LogP contribution in [0.4, 0.5) is 0 Å². The summed E-state index contributed by atoms with van der Waals surface area (Å²) in [6, 6.07) is 6.80. The van der Waals surface area contributed by atoms with Gasteiger partial charge in [-0.25, -0.2) is 0 Å². The van der Waals surface area contributed by atoms with Crippen LogP contribution in [0.2, 0.25) is 0 Å². The Balaban J connectivity index is 2.43. The number of aryl methyl sites for hydroxylation is 1. The number of hydrogen-bond acceptors (Lipinski definition) is 0. The van der Waals surface area contributed by atoms with E-state index in [1.807, 2.05) is 0 Å². The molecule has 58 valence electrons. The molecule has 1 aliphatic heterocycles. The third-order valence-corrected chi connectivity index (χ3v) is 2.34. The lowest BCUT2D eigenvalue weighted by atomic mass is 9.99. The molecule has 1 aliphatic rings. The molecule has 11 heavy (non-hydrogen) atoms. The Bertz CT molecular complexity index is 266. The molecule has 2 N–H and O–H groups in total. The lowest BCUT2D eigenvalue weighted by Crippen LogP contribution is -2.84. The summed E-state index contributed by atoms with van der Waals surface area (Å²) in [7, 11) is 0. The van der Waals surface area contributed by atoms with Gasteiger partial charge in [0.25, 0.3) is 0 Å². The number of fused-ring (bicyclic) bond motifs is 1. The summed E-state index contributed by atoms with van der Waals surface area (Å²) in [6.07, 6.45) is 1.25. The van der Waals surface area contributed by atoms with Gasteiger partial charge < -0.3 is 5.32 Å². The summed E-state index contributed by atoms with van der Waals surface area (Å²) in [5, 5.41) is 2.38. The topological polar surface area (TPSA) is 16.6 Å². The van der Waals surface area contributed by atoms with Crippen molar-refractivity contribution in [2.45, 2.75) is 19.9 Å². The van der Waals surface area contributed by atoms with E-state index in [-0.39, 0.29) is 0 Å². The summed E-state index contributed by atoms with van der Waals surface area (Å²) in [6.45, 7) is 4.60. The Kier molecular flexibility index (Phi) is 1.66. The van der Waals surface area contributed by atoms with E-state index < -0.39 is 0 Å². The predicted octanol–water partition coefficient (Wildman–Crippen LogP) is 0.615. The minimum atomic E-state index is 1.18. The maximum Gasteiger partial charge on any atom is 0.102 e. The highest BCUT2D eigenvalue weighted by Gasteiger charge is 2.09. The highest BCUT2D eigenvalue weighted by atomic mass is 14.9. The maximum atomic E-state index is 2.38. The maximum absolute atomic E-state index is 2.38. The third-order valence-electron chi connectivity index (χ3n) is 2.34. The molecule has 0 aliphatic carbocycles. The van der Waals surface area contributed by atoms with Gasteiger partial charge in [-0.15, -0.1) is 0 Å². The zero-order valence-electron chi connectivity index (χ0n) is 6.93. The fraction of sp³-hybridized carbons (Fsp3) is 0.400. The van der Waals surface area contributed by atoms with Crippen LogP contribution in [-0.4, -0.2) is 6.54 Å². The SMILES string of the molecule is Cc1ccc2c(c1)C[NH2+]CC2. The highest BCUT2D eigenvalue weighted by molar-refractivity contribution is 5.31. The standard InChI is InChI=1S/C10H13N/c1-8-2-3-9-4-5-11-7-10(9)6-8/h2-3,6,11H,4-5,7H2,1H3/p+1. The summed E-state index contributed by atoms with van der Waals surface area (Å²) in [4.78, 5) is 0. The zero-order valence-corrected chi connectivity index (χ0v) is 6.93. The third kappa shape index (κ3) is 1.29. The van der Waals surface area contributed by atoms with Crippen molar-refractivity contribution in [2.75, 3.05) is 6.54 Å². The van der Waals surface area contributed by atoms with Gasteiger partial charge in [0.2, 0.25) is 0 Å². The molecule has 0 bridgehead atoms. The lowest BCUT2D eigenvalue weighted by Gasteiger charge is -2.14. The van der Waals surface area contributed by atoms with E-state index in [4.69, 9.17) is 0 Å². The second-order valence-corrected chi connectivity index (χ2v) is 3.30. The van der Waals surface area contributed by atoms with Crippen molar-refractivity contribution in [3.05, 3.63) is 34.9 Å². The molecule has 1 heteroatoms. The van der Waals surface area contributed by atoms with Gasteiger partial charge in [0.15, 0.2) is 0 Å². The van der Waals surface area contributed by atoms with Crippen molar-refractivity contribution in [1.82, 2.24) is 0 Å². The highest BCUT2D eigenvalue weighted by Crippen LogP contribution is 2.12. The first-order chi connectivity index (χ1) is 5.36. The van der Waals surface area contributed by atoms with Crippen LogP contribution >= 0.6 is 0 Å². The number of quaternary nitrogens is 1. The molecule has 0 radical (unpaired) electrons. The Hall–Kier alpha value is -0.820. The molecular weight excluding hydrogens is 134 g/mol. The summed E-state index contributed by atoms with van der Waals surface area (Å²) in [5.41, 5.74) is 4.48. The summed E-state index contributed by atoms with van der Waals surface area (Å²) >= 11 is 0. The molecule has 2 rings (SSSR count). The Morgan fingerprint density at radius 2 is 2.18 bits per heavy atom. The largest absolute Gasteiger partial charge is 0.342 e. The van der Waals surface area contributed by atoms with Crippen LogP contribution < -0.4 is 5.32 Å².